The number of nitrogens with one attached hydrogen (secondary N) is 2. The van der Waals surface area contributed by atoms with Gasteiger partial charge in [-0.2, -0.15) is 0 Å². The molecule has 3 aromatic carbocycles. The number of aromatic hydroxyl groups is 1. The molecule has 3 aromatic rings. The number of likely N-dealkylation sites (N-methyl/N-ethyl adjacent to an activating group) is 1. The lowest BCUT2D eigenvalue weighted by molar-refractivity contribution is 0.225. The van der Waals surface area contributed by atoms with Crippen LogP contribution in [0.3, 0.4) is 0 Å². The van der Waals surface area contributed by atoms with Crippen LogP contribution in [0, 0.1) is 0 Å². The highest BCUT2D eigenvalue weighted by Crippen LogP contribution is 2.53. The van der Waals surface area contributed by atoms with Crippen LogP contribution < -0.4 is 10.6 Å². The van der Waals surface area contributed by atoms with Crippen LogP contribution in [0.2, 0.25) is 5.02 Å². The Bertz CT molecular complexity index is 1360. The van der Waals surface area contributed by atoms with Crippen molar-refractivity contribution >= 4 is 29.0 Å². The van der Waals surface area contributed by atoms with Gasteiger partial charge in [-0.25, -0.2) is 4.79 Å². The maximum atomic E-state index is 13.0. The average Bonchev–Trinajstić information content (AvgIpc) is 2.88. The molecule has 0 aromatic heterocycles. The Hall–Kier alpha value is -3.14. The molecule has 0 radical (unpaired) electrons. The second kappa shape index (κ2) is 9.72. The third kappa shape index (κ3) is 4.01. The number of aliphatic hydroxyl groups is 3. The third-order valence-electron chi connectivity index (χ3n) is 7.26. The van der Waals surface area contributed by atoms with E-state index in [2.05, 4.69) is 15.5 Å². The summed E-state index contributed by atoms with van der Waals surface area (Å²) in [5.74, 6) is -0.0942. The molecule has 2 amide bonds. The Morgan fingerprint density at radius 3 is 2.44 bits per heavy atom. The van der Waals surface area contributed by atoms with Crippen molar-refractivity contribution in [2.24, 2.45) is 0 Å². The fourth-order valence-electron chi connectivity index (χ4n) is 5.50. The number of halogens is 1. The zero-order chi connectivity index (χ0) is 25.6. The SMILES string of the molecule is CN1CCc2cc(CO)c(CO)c3c2C1Cc1c(NC(=O)Nc2ccccc2Cl)cc(CO)c(O)c1-3. The number of fused-ring (bicyclic) bond motifs is 2. The van der Waals surface area contributed by atoms with Crippen LogP contribution in [0.5, 0.6) is 5.75 Å². The molecule has 8 nitrogen and oxygen atoms in total. The fourth-order valence-corrected chi connectivity index (χ4v) is 5.68. The van der Waals surface area contributed by atoms with Gasteiger partial charge in [0, 0.05) is 29.4 Å². The molecule has 0 bridgehead atoms. The Morgan fingerprint density at radius 1 is 1.03 bits per heavy atom. The zero-order valence-corrected chi connectivity index (χ0v) is 20.6. The van der Waals surface area contributed by atoms with E-state index < -0.39 is 12.6 Å². The van der Waals surface area contributed by atoms with Crippen LogP contribution in [-0.2, 0) is 32.7 Å². The van der Waals surface area contributed by atoms with Crippen molar-refractivity contribution in [2.45, 2.75) is 38.7 Å². The predicted octanol–water partition coefficient (Wildman–Crippen LogP) is 3.92. The monoisotopic (exact) mass is 509 g/mol. The van der Waals surface area contributed by atoms with E-state index >= 15 is 0 Å². The number of carbonyl (C=O) groups is 1. The number of carbonyl (C=O) groups excluding carboxylic acids is 1. The number of para-hydroxylation sites is 1. The van der Waals surface area contributed by atoms with Gasteiger partial charge in [0.05, 0.1) is 30.5 Å². The highest BCUT2D eigenvalue weighted by Gasteiger charge is 2.38. The Labute approximate surface area is 213 Å². The number of hydrogen-bond acceptors (Lipinski definition) is 6. The van der Waals surface area contributed by atoms with E-state index in [1.807, 2.05) is 13.1 Å². The minimum absolute atomic E-state index is 0.0409. The maximum absolute atomic E-state index is 13.0. The highest BCUT2D eigenvalue weighted by molar-refractivity contribution is 6.33. The quantitative estimate of drug-likeness (QED) is 0.290. The van der Waals surface area contributed by atoms with E-state index in [4.69, 9.17) is 11.6 Å². The van der Waals surface area contributed by atoms with E-state index in [1.165, 1.54) is 0 Å². The molecule has 9 heteroatoms. The summed E-state index contributed by atoms with van der Waals surface area (Å²) in [6, 6.07) is 9.84. The first-order valence-corrected chi connectivity index (χ1v) is 12.2. The number of rotatable bonds is 5. The van der Waals surface area contributed by atoms with Gasteiger partial charge in [0.25, 0.3) is 0 Å². The fraction of sp³-hybridized carbons (Fsp3) is 0.296. The number of anilines is 2. The molecule has 0 fully saturated rings. The van der Waals surface area contributed by atoms with Crippen LogP contribution in [0.25, 0.3) is 11.1 Å². The van der Waals surface area contributed by atoms with Gasteiger partial charge in [-0.05, 0) is 71.5 Å². The van der Waals surface area contributed by atoms with Crippen LogP contribution in [0.1, 0.15) is 39.4 Å². The largest absolute Gasteiger partial charge is 0.507 e. The third-order valence-corrected chi connectivity index (χ3v) is 7.58. The average molecular weight is 510 g/mol. The number of phenols is 1. The van der Waals surface area contributed by atoms with Crippen molar-refractivity contribution in [3.63, 3.8) is 0 Å². The van der Waals surface area contributed by atoms with E-state index in [-0.39, 0.29) is 30.6 Å². The molecule has 0 saturated carbocycles. The lowest BCUT2D eigenvalue weighted by atomic mass is 9.73. The van der Waals surface area contributed by atoms with E-state index in [0.29, 0.717) is 50.6 Å². The summed E-state index contributed by atoms with van der Waals surface area (Å²) in [5.41, 5.74) is 6.18. The van der Waals surface area contributed by atoms with Crippen LogP contribution in [-0.4, -0.2) is 44.9 Å². The highest BCUT2D eigenvalue weighted by atomic mass is 35.5. The summed E-state index contributed by atoms with van der Waals surface area (Å²) in [6.07, 6.45) is 1.28. The Balaban J connectivity index is 1.69. The zero-order valence-electron chi connectivity index (χ0n) is 19.8. The number of benzene rings is 3. The Morgan fingerprint density at radius 2 is 1.75 bits per heavy atom. The molecule has 36 heavy (non-hydrogen) atoms. The van der Waals surface area contributed by atoms with Crippen LogP contribution >= 0.6 is 11.6 Å². The first-order valence-electron chi connectivity index (χ1n) is 11.8. The summed E-state index contributed by atoms with van der Waals surface area (Å²) < 4.78 is 0. The minimum atomic E-state index is -0.519. The van der Waals surface area contributed by atoms with Crippen LogP contribution in [0.4, 0.5) is 16.2 Å². The van der Waals surface area contributed by atoms with Crippen LogP contribution in [0.15, 0.2) is 36.4 Å². The summed E-state index contributed by atoms with van der Waals surface area (Å²) in [5, 5.41) is 47.7. The van der Waals surface area contributed by atoms with Gasteiger partial charge in [-0.15, -0.1) is 0 Å². The van der Waals surface area contributed by atoms with Gasteiger partial charge in [0.2, 0.25) is 0 Å². The minimum Gasteiger partial charge on any atom is -0.507 e. The molecular weight excluding hydrogens is 482 g/mol. The van der Waals surface area contributed by atoms with Crippen molar-refractivity contribution in [3.8, 4) is 16.9 Å². The number of nitrogens with zero attached hydrogens (tertiary/aromatic N) is 1. The van der Waals surface area contributed by atoms with Gasteiger partial charge >= 0.3 is 6.03 Å². The lowest BCUT2D eigenvalue weighted by Crippen LogP contribution is -2.36. The number of hydrogen-bond donors (Lipinski definition) is 6. The topological polar surface area (TPSA) is 125 Å². The predicted molar refractivity (Wildman–Crippen MR) is 138 cm³/mol. The normalized spacial score (nSPS) is 16.3. The molecule has 1 unspecified atom stereocenters. The summed E-state index contributed by atoms with van der Waals surface area (Å²) in [6.45, 7) is -0.212. The van der Waals surface area contributed by atoms with Crippen molar-refractivity contribution < 1.29 is 25.2 Å². The smallest absolute Gasteiger partial charge is 0.323 e. The molecule has 0 spiro atoms. The van der Waals surface area contributed by atoms with Crippen molar-refractivity contribution in [3.05, 3.63) is 74.8 Å². The Kier molecular flexibility index (Phi) is 6.63. The summed E-state index contributed by atoms with van der Waals surface area (Å²) >= 11 is 6.19. The van der Waals surface area contributed by atoms with Crippen molar-refractivity contribution in [2.75, 3.05) is 24.2 Å². The number of aliphatic hydroxyl groups excluding tert-OH is 3. The molecule has 2 aliphatic rings. The van der Waals surface area contributed by atoms with Gasteiger partial charge in [0.15, 0.2) is 0 Å². The van der Waals surface area contributed by atoms with E-state index in [1.54, 1.807) is 30.3 Å². The molecule has 1 aliphatic carbocycles. The second-order valence-corrected chi connectivity index (χ2v) is 9.64. The standard InChI is InChI=1S/C27H28ClN3O5/c1-31-7-6-14-8-15(11-32)18(13-34)24-23(14)22(31)10-17-21(9-16(12-33)26(35)25(17)24)30-27(36)29-20-5-3-2-4-19(20)28/h2-5,8-9,22,32-35H,6-7,10-13H2,1H3,(H2,29,30,36). The number of urea groups is 1. The van der Waals surface area contributed by atoms with Crippen molar-refractivity contribution in [1.29, 1.82) is 0 Å². The first kappa shape index (κ1) is 24.5. The van der Waals surface area contributed by atoms with Gasteiger partial charge in [0.1, 0.15) is 5.75 Å². The molecular formula is C27H28ClN3O5. The molecule has 5 rings (SSSR count). The summed E-state index contributed by atoms with van der Waals surface area (Å²) in [4.78, 5) is 15.2. The first-order chi connectivity index (χ1) is 17.4. The van der Waals surface area contributed by atoms with Gasteiger partial charge in [-0.1, -0.05) is 29.8 Å². The second-order valence-electron chi connectivity index (χ2n) is 9.23. The number of amides is 2. The molecule has 6 N–H and O–H groups in total. The molecule has 1 atom stereocenters. The maximum Gasteiger partial charge on any atom is 0.323 e. The molecule has 1 heterocycles. The van der Waals surface area contributed by atoms with E-state index in [0.717, 1.165) is 24.1 Å². The lowest BCUT2D eigenvalue weighted by Gasteiger charge is -2.42. The molecule has 0 saturated heterocycles. The molecule has 1 aliphatic heterocycles. The van der Waals surface area contributed by atoms with Crippen molar-refractivity contribution in [1.82, 2.24) is 4.90 Å². The van der Waals surface area contributed by atoms with E-state index in [9.17, 15) is 25.2 Å². The van der Waals surface area contributed by atoms with Gasteiger partial charge < -0.3 is 31.1 Å². The summed E-state index contributed by atoms with van der Waals surface area (Å²) in [7, 11) is 2.03. The van der Waals surface area contributed by atoms with Gasteiger partial charge in [-0.3, -0.25) is 4.90 Å². The molecule has 188 valence electrons.